The molecule has 1 N–H and O–H groups in total. The predicted molar refractivity (Wildman–Crippen MR) is 118 cm³/mol. The maximum atomic E-state index is 12.9. The second-order valence-electron chi connectivity index (χ2n) is 7.58. The van der Waals surface area contributed by atoms with Gasteiger partial charge in [-0.1, -0.05) is 60.7 Å². The molecule has 5 rings (SSSR count). The summed E-state index contributed by atoms with van der Waals surface area (Å²) in [5.74, 6) is 0.488. The van der Waals surface area contributed by atoms with Gasteiger partial charge in [0.25, 0.3) is 5.56 Å². The first kappa shape index (κ1) is 19.1. The Balaban J connectivity index is 1.80. The van der Waals surface area contributed by atoms with Gasteiger partial charge in [0.2, 0.25) is 5.78 Å². The van der Waals surface area contributed by atoms with Crippen molar-refractivity contribution in [3.63, 3.8) is 0 Å². The number of imidazole rings is 2. The molecule has 0 radical (unpaired) electrons. The van der Waals surface area contributed by atoms with E-state index in [0.29, 0.717) is 16.9 Å². The lowest BCUT2D eigenvalue weighted by Crippen LogP contribution is -2.37. The minimum atomic E-state index is -0.772. The van der Waals surface area contributed by atoms with Gasteiger partial charge in [-0.05, 0) is 11.1 Å². The lowest BCUT2D eigenvalue weighted by atomic mass is 10.1. The summed E-state index contributed by atoms with van der Waals surface area (Å²) < 4.78 is 6.03. The topological polar surface area (TPSA) is 86.5 Å². The fourth-order valence-corrected chi connectivity index (χ4v) is 3.99. The van der Waals surface area contributed by atoms with Crippen LogP contribution in [-0.2, 0) is 20.6 Å². The van der Waals surface area contributed by atoms with Crippen LogP contribution >= 0.6 is 0 Å². The molecule has 0 saturated carbocycles. The molecular formula is C23H21N5O3. The molecule has 0 saturated heterocycles. The lowest BCUT2D eigenvalue weighted by Gasteiger charge is -2.15. The zero-order chi connectivity index (χ0) is 21.7. The van der Waals surface area contributed by atoms with E-state index in [4.69, 9.17) is 0 Å². The molecule has 156 valence electrons. The van der Waals surface area contributed by atoms with Crippen LogP contribution in [0.1, 0.15) is 11.7 Å². The summed E-state index contributed by atoms with van der Waals surface area (Å²) in [6, 6.07) is 19.1. The number of nitrogens with zero attached hydrogens (tertiary/aromatic N) is 5. The quantitative estimate of drug-likeness (QED) is 0.487. The van der Waals surface area contributed by atoms with Crippen molar-refractivity contribution >= 4 is 16.9 Å². The van der Waals surface area contributed by atoms with Crippen LogP contribution in [0.3, 0.4) is 0 Å². The Kier molecular flexibility index (Phi) is 4.37. The standard InChI is InChI=1S/C23H21N5O3/c1-25-20-19(21(30)26(2)23(25)31)28-13-17(15-9-5-3-6-10-15)27(22(28)24-20)14-18(29)16-11-7-4-8-12-16/h3-13,18,29H,14H2,1-2H3/t18-/m1/s1. The van der Waals surface area contributed by atoms with Crippen LogP contribution in [0.5, 0.6) is 0 Å². The molecule has 5 aromatic rings. The monoisotopic (exact) mass is 415 g/mol. The molecule has 3 heterocycles. The van der Waals surface area contributed by atoms with Crippen LogP contribution in [0.2, 0.25) is 0 Å². The number of aryl methyl sites for hydroxylation is 1. The third-order valence-corrected chi connectivity index (χ3v) is 5.67. The van der Waals surface area contributed by atoms with E-state index in [1.54, 1.807) is 11.4 Å². The molecule has 31 heavy (non-hydrogen) atoms. The Morgan fingerprint density at radius 1 is 0.935 bits per heavy atom. The Hall–Kier alpha value is -3.91. The Morgan fingerprint density at radius 2 is 1.58 bits per heavy atom. The van der Waals surface area contributed by atoms with Crippen molar-refractivity contribution in [2.45, 2.75) is 12.6 Å². The fourth-order valence-electron chi connectivity index (χ4n) is 3.99. The van der Waals surface area contributed by atoms with Crippen LogP contribution in [0.4, 0.5) is 0 Å². The summed E-state index contributed by atoms with van der Waals surface area (Å²) >= 11 is 0. The maximum Gasteiger partial charge on any atom is 0.332 e. The van der Waals surface area contributed by atoms with Gasteiger partial charge in [-0.2, -0.15) is 4.98 Å². The number of fused-ring (bicyclic) bond motifs is 3. The molecule has 8 heteroatoms. The van der Waals surface area contributed by atoms with E-state index in [1.165, 1.54) is 11.6 Å². The molecule has 0 unspecified atom stereocenters. The van der Waals surface area contributed by atoms with E-state index < -0.39 is 17.4 Å². The van der Waals surface area contributed by atoms with E-state index in [0.717, 1.165) is 21.4 Å². The fraction of sp³-hybridized carbons (Fsp3) is 0.174. The van der Waals surface area contributed by atoms with Crippen LogP contribution in [0.25, 0.3) is 28.2 Å². The number of rotatable bonds is 4. The Bertz CT molecular complexity index is 1520. The first-order valence-electron chi connectivity index (χ1n) is 9.93. The highest BCUT2D eigenvalue weighted by atomic mass is 16.3. The zero-order valence-corrected chi connectivity index (χ0v) is 17.1. The average Bonchev–Trinajstić information content (AvgIpc) is 3.34. The summed E-state index contributed by atoms with van der Waals surface area (Å²) in [5.41, 5.74) is 2.32. The molecule has 0 bridgehead atoms. The molecule has 0 aliphatic rings. The van der Waals surface area contributed by atoms with Crippen molar-refractivity contribution in [1.82, 2.24) is 23.1 Å². The second kappa shape index (κ2) is 7.10. The number of hydrogen-bond donors (Lipinski definition) is 1. The van der Waals surface area contributed by atoms with Crippen molar-refractivity contribution in [2.75, 3.05) is 0 Å². The summed E-state index contributed by atoms with van der Waals surface area (Å²) in [6.45, 7) is 0.238. The minimum Gasteiger partial charge on any atom is -0.387 e. The van der Waals surface area contributed by atoms with Crippen LogP contribution in [0.15, 0.2) is 76.4 Å². The number of hydrogen-bond acceptors (Lipinski definition) is 4. The van der Waals surface area contributed by atoms with E-state index in [1.807, 2.05) is 71.4 Å². The molecule has 8 nitrogen and oxygen atoms in total. The maximum absolute atomic E-state index is 12.9. The van der Waals surface area contributed by atoms with Crippen molar-refractivity contribution < 1.29 is 5.11 Å². The minimum absolute atomic E-state index is 0.238. The second-order valence-corrected chi connectivity index (χ2v) is 7.58. The summed E-state index contributed by atoms with van der Waals surface area (Å²) in [7, 11) is 3.05. The molecule has 0 aliphatic carbocycles. The van der Waals surface area contributed by atoms with Gasteiger partial charge < -0.3 is 9.67 Å². The first-order chi connectivity index (χ1) is 15.0. The highest BCUT2D eigenvalue weighted by Gasteiger charge is 2.22. The highest BCUT2D eigenvalue weighted by molar-refractivity contribution is 5.78. The molecule has 0 fully saturated rings. The number of aliphatic hydroxyl groups is 1. The molecule has 3 aromatic heterocycles. The van der Waals surface area contributed by atoms with Crippen molar-refractivity contribution in [3.05, 3.63) is 93.3 Å². The first-order valence-corrected chi connectivity index (χ1v) is 9.93. The summed E-state index contributed by atoms with van der Waals surface area (Å²) in [6.07, 6.45) is 1.06. The third-order valence-electron chi connectivity index (χ3n) is 5.67. The molecule has 2 aromatic carbocycles. The van der Waals surface area contributed by atoms with E-state index in [9.17, 15) is 14.7 Å². The summed E-state index contributed by atoms with van der Waals surface area (Å²) in [4.78, 5) is 29.9. The highest BCUT2D eigenvalue weighted by Crippen LogP contribution is 2.27. The lowest BCUT2D eigenvalue weighted by molar-refractivity contribution is 0.158. The van der Waals surface area contributed by atoms with Crippen LogP contribution in [0, 0.1) is 0 Å². The van der Waals surface area contributed by atoms with Gasteiger partial charge in [-0.3, -0.25) is 18.3 Å². The van der Waals surface area contributed by atoms with E-state index >= 15 is 0 Å². The molecule has 0 spiro atoms. The normalized spacial score (nSPS) is 12.6. The van der Waals surface area contributed by atoms with Gasteiger partial charge in [0.05, 0.1) is 18.3 Å². The Labute approximate surface area is 176 Å². The number of benzene rings is 2. The van der Waals surface area contributed by atoms with Crippen molar-refractivity contribution in [3.8, 4) is 11.3 Å². The van der Waals surface area contributed by atoms with Crippen LogP contribution < -0.4 is 11.2 Å². The summed E-state index contributed by atoms with van der Waals surface area (Å²) in [5, 5.41) is 10.9. The van der Waals surface area contributed by atoms with E-state index in [-0.39, 0.29) is 6.54 Å². The van der Waals surface area contributed by atoms with Gasteiger partial charge >= 0.3 is 5.69 Å². The number of aliphatic hydroxyl groups excluding tert-OH is 1. The molecule has 0 aliphatic heterocycles. The van der Waals surface area contributed by atoms with Gasteiger partial charge in [0, 0.05) is 20.3 Å². The molecular weight excluding hydrogens is 394 g/mol. The molecule has 0 amide bonds. The largest absolute Gasteiger partial charge is 0.387 e. The molecule has 1 atom stereocenters. The third kappa shape index (κ3) is 2.91. The van der Waals surface area contributed by atoms with Crippen molar-refractivity contribution in [2.24, 2.45) is 14.1 Å². The predicted octanol–water partition coefficient (Wildman–Crippen LogP) is 2.09. The SMILES string of the molecule is Cn1c(=O)c2c(nc3n(C[C@@H](O)c4ccccc4)c(-c4ccccc4)cn23)n(C)c1=O. The Morgan fingerprint density at radius 3 is 2.26 bits per heavy atom. The van der Waals surface area contributed by atoms with Gasteiger partial charge in [0.15, 0.2) is 11.2 Å². The average molecular weight is 415 g/mol. The zero-order valence-electron chi connectivity index (χ0n) is 17.1. The smallest absolute Gasteiger partial charge is 0.332 e. The van der Waals surface area contributed by atoms with Gasteiger partial charge in [0.1, 0.15) is 0 Å². The van der Waals surface area contributed by atoms with Gasteiger partial charge in [-0.15, -0.1) is 0 Å². The van der Waals surface area contributed by atoms with Crippen LogP contribution in [-0.4, -0.2) is 28.2 Å². The number of aromatic nitrogens is 5. The van der Waals surface area contributed by atoms with Gasteiger partial charge in [-0.25, -0.2) is 4.79 Å². The van der Waals surface area contributed by atoms with Crippen molar-refractivity contribution in [1.29, 1.82) is 0 Å². The van der Waals surface area contributed by atoms with E-state index in [2.05, 4.69) is 4.98 Å².